The molecule has 1 saturated carbocycles. The Kier molecular flexibility index (Phi) is 1.60. The van der Waals surface area contributed by atoms with Gasteiger partial charge in [0, 0.05) is 12.1 Å². The summed E-state index contributed by atoms with van der Waals surface area (Å²) in [7, 11) is 0. The van der Waals surface area contributed by atoms with Crippen LogP contribution in [0.2, 0.25) is 0 Å². The number of piperidine rings is 2. The minimum absolute atomic E-state index is 0.0398. The summed E-state index contributed by atoms with van der Waals surface area (Å²) in [6.45, 7) is 0. The molecule has 4 heterocycles. The predicted octanol–water partition coefficient (Wildman–Crippen LogP) is 0.193. The molecule has 2 aromatic heterocycles. The smallest absolute Gasteiger partial charge is 0.252 e. The molecule has 2 saturated heterocycles. The highest BCUT2D eigenvalue weighted by atomic mass is 16.2. The van der Waals surface area contributed by atoms with E-state index < -0.39 is 5.54 Å². The van der Waals surface area contributed by atoms with Crippen LogP contribution in [0.1, 0.15) is 12.8 Å². The molecule has 1 N–H and O–H groups in total. The Bertz CT molecular complexity index is 684. The maximum atomic E-state index is 12.1. The minimum Gasteiger partial charge on any atom is -0.315 e. The number of imide groups is 1. The normalized spacial score (nSPS) is 30.1. The van der Waals surface area contributed by atoms with Crippen LogP contribution in [0.5, 0.6) is 0 Å². The Morgan fingerprint density at radius 1 is 1.39 bits per heavy atom. The second-order valence-electron chi connectivity index (χ2n) is 4.93. The second kappa shape index (κ2) is 2.95. The van der Waals surface area contributed by atoms with Gasteiger partial charge in [-0.15, -0.1) is 0 Å². The molecule has 0 radical (unpaired) electrons. The van der Waals surface area contributed by atoms with Crippen LogP contribution >= 0.6 is 0 Å². The summed E-state index contributed by atoms with van der Waals surface area (Å²) in [6.07, 6.45) is 6.17. The first-order valence-electron chi connectivity index (χ1n) is 5.83. The molecular weight excluding hydrogens is 232 g/mol. The molecule has 3 aliphatic rings. The number of imidazole rings is 1. The third kappa shape index (κ3) is 0.982. The topological polar surface area (TPSA) is 76.9 Å². The summed E-state index contributed by atoms with van der Waals surface area (Å²) in [5, 5.41) is 2.43. The minimum atomic E-state index is -0.630. The van der Waals surface area contributed by atoms with E-state index in [1.807, 2.05) is 10.6 Å². The van der Waals surface area contributed by atoms with E-state index in [2.05, 4.69) is 15.3 Å². The molecule has 2 amide bonds. The zero-order chi connectivity index (χ0) is 12.3. The van der Waals surface area contributed by atoms with Crippen LogP contribution in [0.3, 0.4) is 0 Å². The molecule has 2 bridgehead atoms. The van der Waals surface area contributed by atoms with Gasteiger partial charge in [-0.25, -0.2) is 4.98 Å². The lowest BCUT2D eigenvalue weighted by atomic mass is 9.64. The fraction of sp³-hybridized carbons (Fsp3) is 0.333. The van der Waals surface area contributed by atoms with E-state index in [4.69, 9.17) is 0 Å². The molecule has 0 unspecified atom stereocenters. The van der Waals surface area contributed by atoms with Gasteiger partial charge in [-0.1, -0.05) is 0 Å². The number of nitrogens with zero attached hydrogens (tertiary/aromatic N) is 3. The van der Waals surface area contributed by atoms with Gasteiger partial charge >= 0.3 is 0 Å². The second-order valence-corrected chi connectivity index (χ2v) is 4.93. The number of hydrogen-bond donors (Lipinski definition) is 1. The van der Waals surface area contributed by atoms with E-state index in [9.17, 15) is 9.59 Å². The summed E-state index contributed by atoms with van der Waals surface area (Å²) < 4.78 is 1.88. The zero-order valence-corrected chi connectivity index (χ0v) is 9.46. The van der Waals surface area contributed by atoms with E-state index >= 15 is 0 Å². The van der Waals surface area contributed by atoms with Gasteiger partial charge < -0.3 is 4.57 Å². The zero-order valence-electron chi connectivity index (χ0n) is 9.46. The SMILES string of the molecule is O=C1NC(=O)C2(n3cnc4cnccc43)CC1C2. The third-order valence-corrected chi connectivity index (χ3v) is 4.01. The van der Waals surface area contributed by atoms with Gasteiger partial charge in [0.15, 0.2) is 0 Å². The van der Waals surface area contributed by atoms with Crippen molar-refractivity contribution in [2.24, 2.45) is 5.92 Å². The summed E-state index contributed by atoms with van der Waals surface area (Å²) in [5.41, 5.74) is 1.02. The van der Waals surface area contributed by atoms with Crippen LogP contribution in [-0.2, 0) is 15.1 Å². The highest BCUT2D eigenvalue weighted by Crippen LogP contribution is 2.48. The van der Waals surface area contributed by atoms with E-state index in [1.165, 1.54) is 0 Å². The molecule has 3 fully saturated rings. The summed E-state index contributed by atoms with van der Waals surface area (Å²) in [6, 6.07) is 1.84. The van der Waals surface area contributed by atoms with E-state index in [-0.39, 0.29) is 17.7 Å². The summed E-state index contributed by atoms with van der Waals surface area (Å²) in [4.78, 5) is 31.8. The number of carbonyl (C=O) groups is 2. The van der Waals surface area contributed by atoms with Gasteiger partial charge in [-0.2, -0.15) is 0 Å². The molecule has 0 aromatic carbocycles. The first-order chi connectivity index (χ1) is 8.71. The highest BCUT2D eigenvalue weighted by Gasteiger charge is 2.59. The lowest BCUT2D eigenvalue weighted by molar-refractivity contribution is -0.156. The van der Waals surface area contributed by atoms with Crippen LogP contribution in [0, 0.1) is 5.92 Å². The number of nitrogens with one attached hydrogen (secondary N) is 1. The lowest BCUT2D eigenvalue weighted by Crippen LogP contribution is -2.66. The fourth-order valence-corrected chi connectivity index (χ4v) is 2.97. The molecule has 0 atom stereocenters. The molecule has 2 aromatic rings. The lowest BCUT2D eigenvalue weighted by Gasteiger charge is -2.50. The van der Waals surface area contributed by atoms with E-state index in [0.29, 0.717) is 12.8 Å². The first-order valence-corrected chi connectivity index (χ1v) is 5.83. The largest absolute Gasteiger partial charge is 0.315 e. The van der Waals surface area contributed by atoms with Crippen LogP contribution < -0.4 is 5.32 Å². The number of hydrogen-bond acceptors (Lipinski definition) is 4. The van der Waals surface area contributed by atoms with Crippen LogP contribution in [0.15, 0.2) is 24.8 Å². The quantitative estimate of drug-likeness (QED) is 0.724. The first kappa shape index (κ1) is 9.76. The molecule has 90 valence electrons. The van der Waals surface area contributed by atoms with Crippen LogP contribution in [0.25, 0.3) is 11.0 Å². The van der Waals surface area contributed by atoms with Crippen molar-refractivity contribution in [3.63, 3.8) is 0 Å². The molecule has 0 spiro atoms. The molecule has 6 nitrogen and oxygen atoms in total. The number of rotatable bonds is 1. The van der Waals surface area contributed by atoms with Gasteiger partial charge in [0.2, 0.25) is 5.91 Å². The van der Waals surface area contributed by atoms with E-state index in [1.54, 1.807) is 18.7 Å². The van der Waals surface area contributed by atoms with Crippen molar-refractivity contribution in [2.75, 3.05) is 0 Å². The van der Waals surface area contributed by atoms with Crippen molar-refractivity contribution < 1.29 is 9.59 Å². The summed E-state index contributed by atoms with van der Waals surface area (Å²) >= 11 is 0. The molecule has 6 heteroatoms. The molecule has 18 heavy (non-hydrogen) atoms. The van der Waals surface area contributed by atoms with Crippen molar-refractivity contribution >= 4 is 22.8 Å². The Labute approximate surface area is 102 Å². The predicted molar refractivity (Wildman–Crippen MR) is 61.4 cm³/mol. The van der Waals surface area contributed by atoms with E-state index in [0.717, 1.165) is 11.0 Å². The molecule has 1 aliphatic carbocycles. The van der Waals surface area contributed by atoms with Crippen molar-refractivity contribution in [3.8, 4) is 0 Å². The number of fused-ring (bicyclic) bond motifs is 3. The van der Waals surface area contributed by atoms with Crippen molar-refractivity contribution in [2.45, 2.75) is 18.4 Å². The Balaban J connectivity index is 1.89. The average Bonchev–Trinajstić information content (AvgIpc) is 2.71. The van der Waals surface area contributed by atoms with Gasteiger partial charge in [-0.3, -0.25) is 19.9 Å². The van der Waals surface area contributed by atoms with Crippen LogP contribution in [0.4, 0.5) is 0 Å². The average molecular weight is 242 g/mol. The number of aromatic nitrogens is 3. The maximum absolute atomic E-state index is 12.1. The van der Waals surface area contributed by atoms with Gasteiger partial charge in [0.1, 0.15) is 11.1 Å². The maximum Gasteiger partial charge on any atom is 0.252 e. The number of amides is 2. The van der Waals surface area contributed by atoms with Crippen LogP contribution in [-0.4, -0.2) is 26.3 Å². The monoisotopic (exact) mass is 242 g/mol. The Morgan fingerprint density at radius 2 is 2.22 bits per heavy atom. The Morgan fingerprint density at radius 3 is 3.00 bits per heavy atom. The van der Waals surface area contributed by atoms with Gasteiger partial charge in [0.25, 0.3) is 5.91 Å². The van der Waals surface area contributed by atoms with Crippen molar-refractivity contribution in [1.82, 2.24) is 19.9 Å². The number of pyridine rings is 1. The Hall–Kier alpha value is -2.24. The summed E-state index contributed by atoms with van der Waals surface area (Å²) in [5.74, 6) is -0.402. The number of carbonyl (C=O) groups excluding carboxylic acids is 2. The molecular formula is C12H10N4O2. The third-order valence-electron chi connectivity index (χ3n) is 4.01. The molecule has 5 rings (SSSR count). The highest BCUT2D eigenvalue weighted by molar-refractivity contribution is 6.06. The standard InChI is InChI=1S/C12H10N4O2/c17-10-7-3-12(4-7,11(18)15-10)16-6-14-8-5-13-2-1-9(8)16/h1-2,5-7H,3-4H2,(H,15,17,18). The molecule has 2 aliphatic heterocycles. The van der Waals surface area contributed by atoms with Gasteiger partial charge in [-0.05, 0) is 18.9 Å². The fourth-order valence-electron chi connectivity index (χ4n) is 2.97. The van der Waals surface area contributed by atoms with Gasteiger partial charge in [0.05, 0.1) is 18.0 Å². The van der Waals surface area contributed by atoms with Crippen molar-refractivity contribution in [3.05, 3.63) is 24.8 Å². The van der Waals surface area contributed by atoms with Crippen molar-refractivity contribution in [1.29, 1.82) is 0 Å².